The summed E-state index contributed by atoms with van der Waals surface area (Å²) >= 11 is 5.93. The van der Waals surface area contributed by atoms with Crippen LogP contribution in [0, 0.1) is 0 Å². The van der Waals surface area contributed by atoms with Crippen LogP contribution < -0.4 is 15.5 Å². The molecule has 1 saturated heterocycles. The number of morpholine rings is 1. The smallest absolute Gasteiger partial charge is 0.319 e. The SMILES string of the molecule is O=C(Nc1ccc(-c2nc(CS(=O)(=O)c3ccc(Cl)cc3)cc(N3CCOCC3)n2)cc1)NC1CCC1. The average Bonchev–Trinajstić information content (AvgIpc) is 2.87. The maximum atomic E-state index is 13.1. The van der Waals surface area contributed by atoms with Crippen LogP contribution >= 0.6 is 11.6 Å². The third-order valence-corrected chi connectivity index (χ3v) is 8.37. The van der Waals surface area contributed by atoms with Crippen LogP contribution in [0.2, 0.25) is 5.02 Å². The first-order chi connectivity index (χ1) is 17.9. The van der Waals surface area contributed by atoms with Gasteiger partial charge in [0.25, 0.3) is 0 Å². The van der Waals surface area contributed by atoms with Crippen molar-refractivity contribution in [1.82, 2.24) is 15.3 Å². The molecular formula is C26H28ClN5O4S. The fraction of sp³-hybridized carbons (Fsp3) is 0.346. The minimum atomic E-state index is -3.65. The minimum absolute atomic E-state index is 0.181. The van der Waals surface area contributed by atoms with E-state index in [1.54, 1.807) is 30.3 Å². The molecule has 1 aliphatic carbocycles. The van der Waals surface area contributed by atoms with Crippen molar-refractivity contribution in [3.63, 3.8) is 0 Å². The van der Waals surface area contributed by atoms with Crippen molar-refractivity contribution in [2.45, 2.75) is 36.0 Å². The Bertz CT molecular complexity index is 1360. The highest BCUT2D eigenvalue weighted by Gasteiger charge is 2.21. The number of rotatable bonds is 7. The van der Waals surface area contributed by atoms with Gasteiger partial charge in [0.15, 0.2) is 15.7 Å². The van der Waals surface area contributed by atoms with Gasteiger partial charge in [0.05, 0.1) is 29.6 Å². The minimum Gasteiger partial charge on any atom is -0.378 e. The lowest BCUT2D eigenvalue weighted by atomic mass is 9.93. The molecule has 2 heterocycles. The largest absolute Gasteiger partial charge is 0.378 e. The highest BCUT2D eigenvalue weighted by atomic mass is 35.5. The maximum absolute atomic E-state index is 13.1. The van der Waals surface area contributed by atoms with Crippen molar-refractivity contribution in [3.8, 4) is 11.4 Å². The van der Waals surface area contributed by atoms with E-state index in [0.717, 1.165) is 19.3 Å². The van der Waals surface area contributed by atoms with Crippen molar-refractivity contribution in [2.24, 2.45) is 0 Å². The second-order valence-electron chi connectivity index (χ2n) is 9.16. The van der Waals surface area contributed by atoms with Gasteiger partial charge in [-0.05, 0) is 67.8 Å². The third kappa shape index (κ3) is 6.38. The monoisotopic (exact) mass is 541 g/mol. The van der Waals surface area contributed by atoms with Gasteiger partial charge in [-0.1, -0.05) is 11.6 Å². The van der Waals surface area contributed by atoms with Crippen LogP contribution in [-0.2, 0) is 20.3 Å². The molecular weight excluding hydrogens is 514 g/mol. The fourth-order valence-electron chi connectivity index (χ4n) is 4.17. The summed E-state index contributed by atoms with van der Waals surface area (Å²) in [6.45, 7) is 2.44. The number of urea groups is 1. The van der Waals surface area contributed by atoms with Crippen LogP contribution in [0.15, 0.2) is 59.5 Å². The van der Waals surface area contributed by atoms with Crippen LogP contribution in [0.5, 0.6) is 0 Å². The van der Waals surface area contributed by atoms with Crippen LogP contribution in [0.3, 0.4) is 0 Å². The molecule has 2 fully saturated rings. The molecule has 2 N–H and O–H groups in total. The predicted molar refractivity (Wildman–Crippen MR) is 143 cm³/mol. The summed E-state index contributed by atoms with van der Waals surface area (Å²) in [6, 6.07) is 15.0. The Morgan fingerprint density at radius 2 is 1.73 bits per heavy atom. The molecule has 0 bridgehead atoms. The van der Waals surface area contributed by atoms with E-state index in [4.69, 9.17) is 21.3 Å². The van der Waals surface area contributed by atoms with E-state index in [1.807, 2.05) is 12.1 Å². The van der Waals surface area contributed by atoms with E-state index in [2.05, 4.69) is 20.5 Å². The molecule has 5 rings (SSSR count). The second-order valence-corrected chi connectivity index (χ2v) is 11.6. The first kappa shape index (κ1) is 25.4. The van der Waals surface area contributed by atoms with Crippen LogP contribution in [-0.4, -0.2) is 56.8 Å². The lowest BCUT2D eigenvalue weighted by Gasteiger charge is -2.28. The number of hydrogen-bond acceptors (Lipinski definition) is 7. The number of ether oxygens (including phenoxy) is 1. The molecule has 11 heteroatoms. The quantitative estimate of drug-likeness (QED) is 0.459. The first-order valence-corrected chi connectivity index (χ1v) is 14.3. The molecule has 2 aliphatic rings. The summed E-state index contributed by atoms with van der Waals surface area (Å²) in [4.78, 5) is 23.8. The number of nitrogens with zero attached hydrogens (tertiary/aromatic N) is 3. The Balaban J connectivity index is 1.40. The molecule has 0 radical (unpaired) electrons. The zero-order valence-corrected chi connectivity index (χ0v) is 21.8. The molecule has 2 amide bonds. The van der Waals surface area contributed by atoms with Crippen LogP contribution in [0.1, 0.15) is 25.0 Å². The number of benzene rings is 2. The average molecular weight is 542 g/mol. The van der Waals surface area contributed by atoms with E-state index in [1.165, 1.54) is 12.1 Å². The Hall–Kier alpha value is -3.21. The van der Waals surface area contributed by atoms with E-state index >= 15 is 0 Å². The molecule has 3 aromatic rings. The maximum Gasteiger partial charge on any atom is 0.319 e. The molecule has 1 saturated carbocycles. The Labute approximate surface area is 221 Å². The van der Waals surface area contributed by atoms with Crippen molar-refractivity contribution in [2.75, 3.05) is 36.5 Å². The number of anilines is 2. The van der Waals surface area contributed by atoms with Gasteiger partial charge in [-0.25, -0.2) is 23.2 Å². The molecule has 0 unspecified atom stereocenters. The predicted octanol–water partition coefficient (Wildman–Crippen LogP) is 4.28. The van der Waals surface area contributed by atoms with Crippen molar-refractivity contribution >= 4 is 39.0 Å². The van der Waals surface area contributed by atoms with Gasteiger partial charge in [0.2, 0.25) is 0 Å². The summed E-state index contributed by atoms with van der Waals surface area (Å²) in [5.74, 6) is 0.787. The van der Waals surface area contributed by atoms with Gasteiger partial charge in [-0.15, -0.1) is 0 Å². The highest BCUT2D eigenvalue weighted by Crippen LogP contribution is 2.26. The lowest BCUT2D eigenvalue weighted by Crippen LogP contribution is -2.41. The highest BCUT2D eigenvalue weighted by molar-refractivity contribution is 7.90. The molecule has 2 aromatic carbocycles. The van der Waals surface area contributed by atoms with Gasteiger partial charge in [0, 0.05) is 41.5 Å². The third-order valence-electron chi connectivity index (χ3n) is 6.45. The van der Waals surface area contributed by atoms with Gasteiger partial charge < -0.3 is 20.3 Å². The van der Waals surface area contributed by atoms with E-state index in [9.17, 15) is 13.2 Å². The number of nitrogens with one attached hydrogen (secondary N) is 2. The Morgan fingerprint density at radius 3 is 2.38 bits per heavy atom. The normalized spacial score (nSPS) is 16.2. The molecule has 0 spiro atoms. The first-order valence-electron chi connectivity index (χ1n) is 12.2. The number of sulfone groups is 1. The standard InChI is InChI=1S/C26H28ClN5O4S/c27-19-6-10-23(11-7-19)37(34,35)17-22-16-24(32-12-14-36-15-13-32)31-25(28-22)18-4-8-21(9-5-18)30-26(33)29-20-2-1-3-20/h4-11,16,20H,1-3,12-15,17H2,(H2,29,30,33). The number of carbonyl (C=O) groups excluding carboxylic acids is 1. The molecule has 0 atom stereocenters. The number of amides is 2. The molecule has 194 valence electrons. The van der Waals surface area contributed by atoms with Crippen LogP contribution in [0.25, 0.3) is 11.4 Å². The topological polar surface area (TPSA) is 114 Å². The molecule has 1 aromatic heterocycles. The van der Waals surface area contributed by atoms with E-state index < -0.39 is 9.84 Å². The number of aromatic nitrogens is 2. The second kappa shape index (κ2) is 11.0. The summed E-state index contributed by atoms with van der Waals surface area (Å²) in [5, 5.41) is 6.26. The van der Waals surface area contributed by atoms with E-state index in [-0.39, 0.29) is 22.7 Å². The Morgan fingerprint density at radius 1 is 1.03 bits per heavy atom. The fourth-order valence-corrected chi connectivity index (χ4v) is 5.55. The van der Waals surface area contributed by atoms with Gasteiger partial charge in [0.1, 0.15) is 5.82 Å². The van der Waals surface area contributed by atoms with Crippen molar-refractivity contribution < 1.29 is 17.9 Å². The van der Waals surface area contributed by atoms with Gasteiger partial charge >= 0.3 is 6.03 Å². The van der Waals surface area contributed by atoms with Crippen LogP contribution in [0.4, 0.5) is 16.3 Å². The Kier molecular flexibility index (Phi) is 7.59. The van der Waals surface area contributed by atoms with E-state index in [0.29, 0.717) is 59.9 Å². The molecule has 9 nitrogen and oxygen atoms in total. The van der Waals surface area contributed by atoms with Gasteiger partial charge in [-0.2, -0.15) is 0 Å². The lowest BCUT2D eigenvalue weighted by molar-refractivity contribution is 0.122. The summed E-state index contributed by atoms with van der Waals surface area (Å²) in [6.07, 6.45) is 3.17. The molecule has 1 aliphatic heterocycles. The van der Waals surface area contributed by atoms with Crippen molar-refractivity contribution in [1.29, 1.82) is 0 Å². The zero-order chi connectivity index (χ0) is 25.8. The van der Waals surface area contributed by atoms with Gasteiger partial charge in [-0.3, -0.25) is 0 Å². The van der Waals surface area contributed by atoms with Crippen molar-refractivity contribution in [3.05, 3.63) is 65.3 Å². The number of halogens is 1. The zero-order valence-electron chi connectivity index (χ0n) is 20.2. The number of carbonyl (C=O) groups is 1. The summed E-state index contributed by atoms with van der Waals surface area (Å²) < 4.78 is 31.7. The summed E-state index contributed by atoms with van der Waals surface area (Å²) in [7, 11) is -3.65. The summed E-state index contributed by atoms with van der Waals surface area (Å²) in [5.41, 5.74) is 1.75. The molecule has 37 heavy (non-hydrogen) atoms. The number of hydrogen-bond donors (Lipinski definition) is 2.